The van der Waals surface area contributed by atoms with Gasteiger partial charge in [0.05, 0.1) is 11.4 Å². The van der Waals surface area contributed by atoms with Gasteiger partial charge in [-0.05, 0) is 25.1 Å². The van der Waals surface area contributed by atoms with E-state index >= 15 is 0 Å². The highest BCUT2D eigenvalue weighted by Crippen LogP contribution is 2.22. The molecule has 0 aliphatic heterocycles. The SMILES string of the molecule is CC(=O)Nc1cccc(NC(=O)CSc2nc(-c3ccccc3)c(C)c(=O)[nH]2)c1. The molecule has 2 aromatic carbocycles. The maximum Gasteiger partial charge on any atom is 0.255 e. The van der Waals surface area contributed by atoms with E-state index in [-0.39, 0.29) is 23.1 Å². The number of anilines is 2. The van der Waals surface area contributed by atoms with Crippen LogP contribution in [-0.2, 0) is 9.59 Å². The molecule has 2 amide bonds. The van der Waals surface area contributed by atoms with Gasteiger partial charge in [0, 0.05) is 29.4 Å². The fourth-order valence-electron chi connectivity index (χ4n) is 2.67. The standard InChI is InChI=1S/C21H20N4O3S/c1-13-19(15-7-4-3-5-8-15)24-21(25-20(13)28)29-12-18(27)23-17-10-6-9-16(11-17)22-14(2)26/h3-11H,12H2,1-2H3,(H,22,26)(H,23,27)(H,24,25,28). The number of thioether (sulfide) groups is 1. The van der Waals surface area contributed by atoms with Crippen molar-refractivity contribution in [3.05, 3.63) is 70.5 Å². The molecule has 1 aromatic heterocycles. The number of carbonyl (C=O) groups is 2. The molecule has 7 nitrogen and oxygen atoms in total. The third kappa shape index (κ3) is 5.55. The Labute approximate surface area is 172 Å². The van der Waals surface area contributed by atoms with Crippen molar-refractivity contribution < 1.29 is 9.59 Å². The highest BCUT2D eigenvalue weighted by molar-refractivity contribution is 7.99. The summed E-state index contributed by atoms with van der Waals surface area (Å²) in [5.74, 6) is -0.364. The number of hydrogen-bond donors (Lipinski definition) is 3. The van der Waals surface area contributed by atoms with Crippen LogP contribution < -0.4 is 16.2 Å². The van der Waals surface area contributed by atoms with E-state index in [2.05, 4.69) is 20.6 Å². The van der Waals surface area contributed by atoms with Crippen LogP contribution in [0.3, 0.4) is 0 Å². The lowest BCUT2D eigenvalue weighted by atomic mass is 10.1. The Hall–Kier alpha value is -3.39. The fourth-order valence-corrected chi connectivity index (χ4v) is 3.33. The minimum atomic E-state index is -0.250. The van der Waals surface area contributed by atoms with Gasteiger partial charge in [-0.3, -0.25) is 14.4 Å². The normalized spacial score (nSPS) is 10.4. The van der Waals surface area contributed by atoms with Crippen molar-refractivity contribution >= 4 is 35.0 Å². The van der Waals surface area contributed by atoms with Gasteiger partial charge in [0.25, 0.3) is 5.56 Å². The van der Waals surface area contributed by atoms with Gasteiger partial charge in [-0.1, -0.05) is 48.2 Å². The zero-order valence-electron chi connectivity index (χ0n) is 16.0. The molecule has 0 aliphatic rings. The second kappa shape index (κ2) is 9.20. The first-order valence-corrected chi connectivity index (χ1v) is 9.87. The molecule has 0 radical (unpaired) electrons. The van der Waals surface area contributed by atoms with Crippen LogP contribution in [0.15, 0.2) is 64.5 Å². The van der Waals surface area contributed by atoms with Gasteiger partial charge in [0.2, 0.25) is 11.8 Å². The number of aromatic nitrogens is 2. The number of aromatic amines is 1. The Bertz CT molecular complexity index is 1100. The van der Waals surface area contributed by atoms with Crippen LogP contribution in [0.5, 0.6) is 0 Å². The molecule has 8 heteroatoms. The Balaban J connectivity index is 1.69. The van der Waals surface area contributed by atoms with E-state index in [0.717, 1.165) is 17.3 Å². The molecule has 0 fully saturated rings. The summed E-state index contributed by atoms with van der Waals surface area (Å²) >= 11 is 1.15. The molecule has 148 valence electrons. The number of carbonyl (C=O) groups excluding carboxylic acids is 2. The van der Waals surface area contributed by atoms with Crippen molar-refractivity contribution in [1.29, 1.82) is 0 Å². The van der Waals surface area contributed by atoms with Crippen molar-refractivity contribution in [2.24, 2.45) is 0 Å². The molecule has 29 heavy (non-hydrogen) atoms. The molecule has 0 saturated heterocycles. The van der Waals surface area contributed by atoms with Crippen molar-refractivity contribution in [2.75, 3.05) is 16.4 Å². The van der Waals surface area contributed by atoms with Crippen LogP contribution in [0, 0.1) is 6.92 Å². The van der Waals surface area contributed by atoms with E-state index in [0.29, 0.717) is 27.8 Å². The quantitative estimate of drug-likeness (QED) is 0.428. The van der Waals surface area contributed by atoms with Crippen LogP contribution in [0.2, 0.25) is 0 Å². The van der Waals surface area contributed by atoms with Crippen LogP contribution in [0.4, 0.5) is 11.4 Å². The van der Waals surface area contributed by atoms with Crippen LogP contribution in [0.25, 0.3) is 11.3 Å². The van der Waals surface area contributed by atoms with Crippen LogP contribution in [0.1, 0.15) is 12.5 Å². The van der Waals surface area contributed by atoms with Crippen molar-refractivity contribution in [2.45, 2.75) is 19.0 Å². The number of nitrogens with one attached hydrogen (secondary N) is 3. The molecule has 0 unspecified atom stereocenters. The molecule has 0 spiro atoms. The van der Waals surface area contributed by atoms with Gasteiger partial charge in [-0.15, -0.1) is 0 Å². The van der Waals surface area contributed by atoms with E-state index in [1.165, 1.54) is 6.92 Å². The average Bonchev–Trinajstić information content (AvgIpc) is 2.69. The highest BCUT2D eigenvalue weighted by atomic mass is 32.2. The van der Waals surface area contributed by atoms with Gasteiger partial charge >= 0.3 is 0 Å². The zero-order valence-corrected chi connectivity index (χ0v) is 16.8. The Morgan fingerprint density at radius 2 is 1.72 bits per heavy atom. The molecule has 0 bridgehead atoms. The second-order valence-corrected chi connectivity index (χ2v) is 7.27. The van der Waals surface area contributed by atoms with Crippen molar-refractivity contribution in [1.82, 2.24) is 9.97 Å². The molecule has 0 saturated carbocycles. The van der Waals surface area contributed by atoms with Gasteiger partial charge in [0.1, 0.15) is 0 Å². The predicted molar refractivity (Wildman–Crippen MR) is 115 cm³/mol. The summed E-state index contributed by atoms with van der Waals surface area (Å²) in [5.41, 5.74) is 2.90. The minimum absolute atomic E-state index is 0.0740. The van der Waals surface area contributed by atoms with Gasteiger partial charge in [0.15, 0.2) is 5.16 Å². The smallest absolute Gasteiger partial charge is 0.255 e. The largest absolute Gasteiger partial charge is 0.326 e. The summed E-state index contributed by atoms with van der Waals surface area (Å²) in [6, 6.07) is 16.3. The molecule has 0 atom stereocenters. The number of amides is 2. The lowest BCUT2D eigenvalue weighted by Crippen LogP contribution is -2.17. The monoisotopic (exact) mass is 408 g/mol. The van der Waals surface area contributed by atoms with E-state index in [9.17, 15) is 14.4 Å². The summed E-state index contributed by atoms with van der Waals surface area (Å²) in [4.78, 5) is 42.9. The van der Waals surface area contributed by atoms with Crippen LogP contribution >= 0.6 is 11.8 Å². The topological polar surface area (TPSA) is 104 Å². The lowest BCUT2D eigenvalue weighted by molar-refractivity contribution is -0.114. The third-order valence-corrected chi connectivity index (χ3v) is 4.86. The summed E-state index contributed by atoms with van der Waals surface area (Å²) < 4.78 is 0. The molecule has 3 N–H and O–H groups in total. The molecule has 3 aromatic rings. The molecule has 0 aliphatic carbocycles. The summed E-state index contributed by atoms with van der Waals surface area (Å²) in [7, 11) is 0. The Kier molecular flexibility index (Phi) is 6.46. The average molecular weight is 408 g/mol. The number of H-pyrrole nitrogens is 1. The molecular formula is C21H20N4O3S. The summed E-state index contributed by atoms with van der Waals surface area (Å²) in [5, 5.41) is 5.81. The highest BCUT2D eigenvalue weighted by Gasteiger charge is 2.12. The summed E-state index contributed by atoms with van der Waals surface area (Å²) in [6.07, 6.45) is 0. The number of nitrogens with zero attached hydrogens (tertiary/aromatic N) is 1. The lowest BCUT2D eigenvalue weighted by Gasteiger charge is -2.09. The summed E-state index contributed by atoms with van der Waals surface area (Å²) in [6.45, 7) is 3.14. The number of rotatable bonds is 6. The van der Waals surface area contributed by atoms with Gasteiger partial charge < -0.3 is 15.6 Å². The van der Waals surface area contributed by atoms with Gasteiger partial charge in [-0.2, -0.15) is 0 Å². The van der Waals surface area contributed by atoms with E-state index in [4.69, 9.17) is 0 Å². The maximum atomic E-state index is 12.3. The zero-order chi connectivity index (χ0) is 20.8. The first-order chi connectivity index (χ1) is 13.9. The van der Waals surface area contributed by atoms with E-state index < -0.39 is 0 Å². The van der Waals surface area contributed by atoms with E-state index in [1.807, 2.05) is 30.3 Å². The van der Waals surface area contributed by atoms with Crippen molar-refractivity contribution in [3.63, 3.8) is 0 Å². The first kappa shape index (κ1) is 20.3. The van der Waals surface area contributed by atoms with Gasteiger partial charge in [-0.25, -0.2) is 4.98 Å². The number of hydrogen-bond acceptors (Lipinski definition) is 5. The maximum absolute atomic E-state index is 12.3. The molecule has 1 heterocycles. The number of benzene rings is 2. The predicted octanol–water partition coefficient (Wildman–Crippen LogP) is 3.43. The van der Waals surface area contributed by atoms with E-state index in [1.54, 1.807) is 31.2 Å². The van der Waals surface area contributed by atoms with Crippen molar-refractivity contribution in [3.8, 4) is 11.3 Å². The minimum Gasteiger partial charge on any atom is -0.326 e. The molecule has 3 rings (SSSR count). The Morgan fingerprint density at radius 1 is 1.03 bits per heavy atom. The third-order valence-electron chi connectivity index (χ3n) is 3.98. The fraction of sp³-hybridized carbons (Fsp3) is 0.143. The Morgan fingerprint density at radius 3 is 2.41 bits per heavy atom. The molecular weight excluding hydrogens is 388 g/mol. The van der Waals surface area contributed by atoms with Crippen LogP contribution in [-0.4, -0.2) is 27.5 Å². The first-order valence-electron chi connectivity index (χ1n) is 8.89. The second-order valence-electron chi connectivity index (χ2n) is 6.31.